The van der Waals surface area contributed by atoms with Gasteiger partial charge in [-0.1, -0.05) is 20.8 Å². The van der Waals surface area contributed by atoms with Crippen molar-refractivity contribution in [3.05, 3.63) is 30.1 Å². The summed E-state index contributed by atoms with van der Waals surface area (Å²) in [6.07, 6.45) is 2.91. The van der Waals surface area contributed by atoms with Crippen LogP contribution in [-0.4, -0.2) is 77.1 Å². The second kappa shape index (κ2) is 13.6. The van der Waals surface area contributed by atoms with Crippen molar-refractivity contribution in [1.82, 2.24) is 25.8 Å². The number of amides is 4. The summed E-state index contributed by atoms with van der Waals surface area (Å²) in [7, 11) is 0. The van der Waals surface area contributed by atoms with Crippen molar-refractivity contribution in [2.24, 2.45) is 11.3 Å². The summed E-state index contributed by atoms with van der Waals surface area (Å²) in [6.45, 7) is 9.87. The maximum Gasteiger partial charge on any atom is 0.408 e. The van der Waals surface area contributed by atoms with Crippen molar-refractivity contribution in [2.45, 2.75) is 90.8 Å². The predicted molar refractivity (Wildman–Crippen MR) is 144 cm³/mol. The fourth-order valence-electron chi connectivity index (χ4n) is 4.94. The number of hydrogen-bond donors (Lipinski definition) is 3. The first-order valence-electron chi connectivity index (χ1n) is 13.6. The molecular weight excluding hydrogens is 516 g/mol. The molecule has 2 aliphatic rings. The highest BCUT2D eigenvalue weighted by Gasteiger charge is 2.46. The van der Waals surface area contributed by atoms with Crippen molar-refractivity contribution in [1.29, 1.82) is 5.26 Å². The molecule has 0 aromatic carbocycles. The minimum atomic E-state index is -1.00. The van der Waals surface area contributed by atoms with Gasteiger partial charge in [0.1, 0.15) is 24.7 Å². The summed E-state index contributed by atoms with van der Waals surface area (Å²) < 4.78 is 11.3. The fraction of sp³-hybridized carbons (Fsp3) is 0.643. The van der Waals surface area contributed by atoms with Gasteiger partial charge in [-0.05, 0) is 49.8 Å². The highest BCUT2D eigenvalue weighted by molar-refractivity contribution is 5.92. The van der Waals surface area contributed by atoms with E-state index in [9.17, 15) is 24.4 Å². The molecular formula is C28H40N6O6. The number of carbonyl (C=O) groups is 4. The molecule has 3 N–H and O–H groups in total. The van der Waals surface area contributed by atoms with E-state index in [0.717, 1.165) is 5.56 Å². The third-order valence-corrected chi connectivity index (χ3v) is 6.96. The number of pyridine rings is 1. The topological polar surface area (TPSA) is 163 Å². The first kappa shape index (κ1) is 30.8. The third kappa shape index (κ3) is 8.39. The van der Waals surface area contributed by atoms with Crippen LogP contribution in [0.25, 0.3) is 0 Å². The summed E-state index contributed by atoms with van der Waals surface area (Å²) in [5.74, 6) is -1.43. The number of hydrogen-bond acceptors (Lipinski definition) is 8. The summed E-state index contributed by atoms with van der Waals surface area (Å²) in [5, 5.41) is 17.8. The predicted octanol–water partition coefficient (Wildman–Crippen LogP) is 1.65. The lowest BCUT2D eigenvalue weighted by molar-refractivity contribution is -0.142. The van der Waals surface area contributed by atoms with E-state index in [4.69, 9.17) is 9.47 Å². The second-order valence-corrected chi connectivity index (χ2v) is 11.6. The average Bonchev–Trinajstić information content (AvgIpc) is 3.50. The van der Waals surface area contributed by atoms with Gasteiger partial charge in [0.25, 0.3) is 0 Å². The van der Waals surface area contributed by atoms with Crippen LogP contribution in [-0.2, 0) is 30.5 Å². The van der Waals surface area contributed by atoms with Crippen LogP contribution < -0.4 is 16.0 Å². The zero-order valence-electron chi connectivity index (χ0n) is 23.8. The SMILES string of the molecule is CC(C)O[C@@H]1C[C@@H](C(=O)NC(C#N)C[C@H]2CCNC2=O)N(C(=O)[C@@H](NC(=O)OCc2ccncc2)C(C)(C)C)C1. The Morgan fingerprint density at radius 2 is 1.93 bits per heavy atom. The first-order valence-corrected chi connectivity index (χ1v) is 13.6. The lowest BCUT2D eigenvalue weighted by Crippen LogP contribution is -2.58. The summed E-state index contributed by atoms with van der Waals surface area (Å²) in [6, 6.07) is 2.70. The van der Waals surface area contributed by atoms with E-state index in [1.807, 2.05) is 34.6 Å². The molecule has 2 aliphatic heterocycles. The lowest BCUT2D eigenvalue weighted by atomic mass is 9.85. The number of nitrogens with one attached hydrogen (secondary N) is 3. The van der Waals surface area contributed by atoms with Gasteiger partial charge in [-0.15, -0.1) is 0 Å². The van der Waals surface area contributed by atoms with Crippen LogP contribution in [0.1, 0.15) is 59.4 Å². The molecule has 3 heterocycles. The van der Waals surface area contributed by atoms with Gasteiger partial charge in [0.15, 0.2) is 0 Å². The Morgan fingerprint density at radius 3 is 2.50 bits per heavy atom. The highest BCUT2D eigenvalue weighted by Crippen LogP contribution is 2.28. The van der Waals surface area contributed by atoms with Crippen LogP contribution in [0.3, 0.4) is 0 Å². The number of nitrogens with zero attached hydrogens (tertiary/aromatic N) is 3. The standard InChI is InChI=1S/C28H40N6O6/c1-17(2)40-21-13-22(25(36)32-20(14-29)12-19-8-11-31-24(19)35)34(15-21)26(37)23(28(3,4)5)33-27(38)39-16-18-6-9-30-10-7-18/h6-7,9-10,17,19-23H,8,11-13,15-16H2,1-5H3,(H,31,35)(H,32,36)(H,33,38)/t19-,20?,21-,22+,23-/m1/s1. The van der Waals surface area contributed by atoms with Gasteiger partial charge in [0.2, 0.25) is 17.7 Å². The molecule has 5 atom stereocenters. The van der Waals surface area contributed by atoms with Crippen LogP contribution in [0.4, 0.5) is 4.79 Å². The number of likely N-dealkylation sites (tertiary alicyclic amines) is 1. The highest BCUT2D eigenvalue weighted by atomic mass is 16.5. The van der Waals surface area contributed by atoms with Gasteiger partial charge in [-0.3, -0.25) is 19.4 Å². The van der Waals surface area contributed by atoms with Crippen LogP contribution >= 0.6 is 0 Å². The normalized spacial score (nSPS) is 22.3. The van der Waals surface area contributed by atoms with Gasteiger partial charge in [0.05, 0.1) is 18.3 Å². The second-order valence-electron chi connectivity index (χ2n) is 11.6. The van der Waals surface area contributed by atoms with E-state index in [0.29, 0.717) is 13.0 Å². The number of alkyl carbamates (subject to hydrolysis) is 1. The van der Waals surface area contributed by atoms with Gasteiger partial charge < -0.3 is 30.3 Å². The summed E-state index contributed by atoms with van der Waals surface area (Å²) in [4.78, 5) is 57.4. The molecule has 0 spiro atoms. The molecule has 2 fully saturated rings. The Labute approximate surface area is 235 Å². The smallest absolute Gasteiger partial charge is 0.408 e. The van der Waals surface area contributed by atoms with Crippen molar-refractivity contribution >= 4 is 23.8 Å². The number of aromatic nitrogens is 1. The number of ether oxygens (including phenoxy) is 2. The molecule has 0 aliphatic carbocycles. The molecule has 3 rings (SSSR count). The van der Waals surface area contributed by atoms with E-state index in [2.05, 4.69) is 27.0 Å². The van der Waals surface area contributed by atoms with E-state index < -0.39 is 47.6 Å². The van der Waals surface area contributed by atoms with Crippen LogP contribution in [0.5, 0.6) is 0 Å². The van der Waals surface area contributed by atoms with Gasteiger partial charge in [0, 0.05) is 37.8 Å². The maximum atomic E-state index is 13.9. The largest absolute Gasteiger partial charge is 0.445 e. The fourth-order valence-corrected chi connectivity index (χ4v) is 4.94. The molecule has 218 valence electrons. The van der Waals surface area contributed by atoms with Crippen LogP contribution in [0, 0.1) is 22.7 Å². The van der Waals surface area contributed by atoms with E-state index in [1.165, 1.54) is 4.90 Å². The Hall–Kier alpha value is -3.72. The van der Waals surface area contributed by atoms with E-state index in [-0.39, 0.29) is 43.9 Å². The van der Waals surface area contributed by atoms with Crippen LogP contribution in [0.15, 0.2) is 24.5 Å². The van der Waals surface area contributed by atoms with Crippen LogP contribution in [0.2, 0.25) is 0 Å². The molecule has 0 saturated carbocycles. The maximum absolute atomic E-state index is 13.9. The Morgan fingerprint density at radius 1 is 1.23 bits per heavy atom. The number of rotatable bonds is 10. The molecule has 12 heteroatoms. The zero-order valence-corrected chi connectivity index (χ0v) is 23.8. The van der Waals surface area contributed by atoms with Crippen molar-refractivity contribution in [3.8, 4) is 6.07 Å². The molecule has 2 saturated heterocycles. The first-order chi connectivity index (χ1) is 18.9. The molecule has 40 heavy (non-hydrogen) atoms. The van der Waals surface area contributed by atoms with Crippen molar-refractivity contribution in [2.75, 3.05) is 13.1 Å². The minimum absolute atomic E-state index is 0.00696. The van der Waals surface area contributed by atoms with E-state index >= 15 is 0 Å². The summed E-state index contributed by atoms with van der Waals surface area (Å²) >= 11 is 0. The third-order valence-electron chi connectivity index (χ3n) is 6.96. The van der Waals surface area contributed by atoms with Gasteiger partial charge in [-0.25, -0.2) is 4.79 Å². The molecule has 1 aromatic rings. The molecule has 0 bridgehead atoms. The monoisotopic (exact) mass is 556 g/mol. The van der Waals surface area contributed by atoms with Crippen molar-refractivity contribution in [3.63, 3.8) is 0 Å². The quantitative estimate of drug-likeness (QED) is 0.392. The molecule has 0 radical (unpaired) electrons. The summed E-state index contributed by atoms with van der Waals surface area (Å²) in [5.41, 5.74) is 0.0337. The van der Waals surface area contributed by atoms with Gasteiger partial charge >= 0.3 is 6.09 Å². The number of carbonyl (C=O) groups excluding carboxylic acids is 4. The average molecular weight is 557 g/mol. The number of nitriles is 1. The van der Waals surface area contributed by atoms with Gasteiger partial charge in [-0.2, -0.15) is 5.26 Å². The lowest BCUT2D eigenvalue weighted by Gasteiger charge is -2.35. The molecule has 1 aromatic heterocycles. The Balaban J connectivity index is 1.74. The van der Waals surface area contributed by atoms with E-state index in [1.54, 1.807) is 24.5 Å². The zero-order chi connectivity index (χ0) is 29.4. The molecule has 12 nitrogen and oxygen atoms in total. The Bertz CT molecular complexity index is 1100. The minimum Gasteiger partial charge on any atom is -0.445 e. The molecule has 4 amide bonds. The Kier molecular flexibility index (Phi) is 10.5. The van der Waals surface area contributed by atoms with Crippen molar-refractivity contribution < 1.29 is 28.7 Å². The molecule has 1 unspecified atom stereocenters.